The molecule has 3 rings (SSSR count). The zero-order chi connectivity index (χ0) is 28.4. The zero-order valence-electron chi connectivity index (χ0n) is 22.6. The van der Waals surface area contributed by atoms with E-state index in [4.69, 9.17) is 0 Å². The number of amides is 2. The second-order valence-corrected chi connectivity index (χ2v) is 12.2. The average Bonchev–Trinajstić information content (AvgIpc) is 2.93. The number of halogens is 1. The van der Waals surface area contributed by atoms with Gasteiger partial charge in [0.25, 0.3) is 0 Å². The minimum absolute atomic E-state index is 0.0951. The lowest BCUT2D eigenvalue weighted by Crippen LogP contribution is -2.49. The Morgan fingerprint density at radius 2 is 1.51 bits per heavy atom. The molecule has 0 aliphatic carbocycles. The van der Waals surface area contributed by atoms with Crippen LogP contribution in [-0.2, 0) is 39.0 Å². The maximum atomic E-state index is 13.7. The van der Waals surface area contributed by atoms with E-state index in [9.17, 15) is 18.0 Å². The Morgan fingerprint density at radius 3 is 2.08 bits per heavy atom. The topological polar surface area (TPSA) is 86.8 Å². The van der Waals surface area contributed by atoms with Crippen molar-refractivity contribution in [2.24, 2.45) is 0 Å². The number of likely N-dealkylation sites (N-methyl/N-ethyl adjacent to an activating group) is 1. The number of anilines is 1. The summed E-state index contributed by atoms with van der Waals surface area (Å²) in [5, 5.41) is 2.71. The molecule has 1 N–H and O–H groups in total. The molecular weight excluding hydrogens is 578 g/mol. The van der Waals surface area contributed by atoms with Crippen LogP contribution in [0.25, 0.3) is 0 Å². The fourth-order valence-electron chi connectivity index (χ4n) is 4.41. The van der Waals surface area contributed by atoms with Gasteiger partial charge in [0.05, 0.1) is 11.9 Å². The van der Waals surface area contributed by atoms with Gasteiger partial charge < -0.3 is 10.2 Å². The van der Waals surface area contributed by atoms with Gasteiger partial charge in [-0.25, -0.2) is 8.42 Å². The summed E-state index contributed by atoms with van der Waals surface area (Å²) in [6, 6.07) is 23.9. The summed E-state index contributed by atoms with van der Waals surface area (Å²) >= 11 is 3.44. The quantitative estimate of drug-likeness (QED) is 0.296. The molecule has 208 valence electrons. The van der Waals surface area contributed by atoms with Crippen molar-refractivity contribution in [3.8, 4) is 0 Å². The molecule has 0 unspecified atom stereocenters. The number of aryl methyl sites for hydroxylation is 1. The molecule has 2 amide bonds. The van der Waals surface area contributed by atoms with Gasteiger partial charge >= 0.3 is 0 Å². The molecule has 3 aromatic carbocycles. The van der Waals surface area contributed by atoms with E-state index in [2.05, 4.69) is 21.2 Å². The third-order valence-corrected chi connectivity index (χ3v) is 8.29. The molecule has 0 spiro atoms. The van der Waals surface area contributed by atoms with Crippen molar-refractivity contribution in [2.75, 3.05) is 24.2 Å². The van der Waals surface area contributed by atoms with Crippen LogP contribution in [-0.4, -0.2) is 51.0 Å². The molecule has 0 aliphatic heterocycles. The Balaban J connectivity index is 1.82. The van der Waals surface area contributed by atoms with E-state index in [0.717, 1.165) is 27.6 Å². The highest BCUT2D eigenvalue weighted by molar-refractivity contribution is 9.10. The van der Waals surface area contributed by atoms with E-state index in [1.807, 2.05) is 73.7 Å². The average molecular weight is 615 g/mol. The number of carbonyl (C=O) groups is 2. The number of sulfonamides is 1. The van der Waals surface area contributed by atoms with Crippen molar-refractivity contribution in [3.05, 3.63) is 100 Å². The van der Waals surface area contributed by atoms with Gasteiger partial charge in [0.2, 0.25) is 21.8 Å². The number of nitrogens with one attached hydrogen (secondary N) is 1. The van der Waals surface area contributed by atoms with Gasteiger partial charge in [-0.1, -0.05) is 77.5 Å². The Hall–Kier alpha value is -3.17. The van der Waals surface area contributed by atoms with Crippen LogP contribution >= 0.6 is 15.9 Å². The summed E-state index contributed by atoms with van der Waals surface area (Å²) in [5.74, 6) is -0.463. The van der Waals surface area contributed by atoms with E-state index >= 15 is 0 Å². The number of hydrogen-bond acceptors (Lipinski definition) is 4. The Kier molecular flexibility index (Phi) is 11.1. The molecule has 0 aliphatic rings. The van der Waals surface area contributed by atoms with Crippen LogP contribution in [0.2, 0.25) is 0 Å². The third kappa shape index (κ3) is 8.93. The standard InChI is InChI=1S/C30H36BrN3O4S/c1-4-23-14-18-27(19-15-23)34(39(3,37)38)20-8-11-29(35)33(22-25-12-16-26(31)17-13-25)28(30(36)32-2)21-24-9-6-5-7-10-24/h5-7,9-10,12-19,28H,4,8,11,20-22H2,1-3H3,(H,32,36)/t28-/m1/s1. The van der Waals surface area contributed by atoms with Gasteiger partial charge in [-0.05, 0) is 53.8 Å². The van der Waals surface area contributed by atoms with Crippen molar-refractivity contribution in [3.63, 3.8) is 0 Å². The lowest BCUT2D eigenvalue weighted by atomic mass is 10.0. The lowest BCUT2D eigenvalue weighted by Gasteiger charge is -2.31. The highest BCUT2D eigenvalue weighted by Gasteiger charge is 2.30. The summed E-state index contributed by atoms with van der Waals surface area (Å²) in [5.41, 5.74) is 3.52. The molecule has 39 heavy (non-hydrogen) atoms. The first-order chi connectivity index (χ1) is 18.6. The molecule has 3 aromatic rings. The van der Waals surface area contributed by atoms with Gasteiger partial charge in [0.1, 0.15) is 6.04 Å². The van der Waals surface area contributed by atoms with E-state index in [1.54, 1.807) is 24.1 Å². The maximum Gasteiger partial charge on any atom is 0.242 e. The number of hydrogen-bond donors (Lipinski definition) is 1. The fourth-order valence-corrected chi connectivity index (χ4v) is 5.64. The monoisotopic (exact) mass is 613 g/mol. The van der Waals surface area contributed by atoms with Gasteiger partial charge in [-0.3, -0.25) is 13.9 Å². The summed E-state index contributed by atoms with van der Waals surface area (Å²) in [6.07, 6.45) is 2.80. The molecule has 0 saturated heterocycles. The largest absolute Gasteiger partial charge is 0.357 e. The molecular formula is C30H36BrN3O4S. The Bertz CT molecular complexity index is 1330. The van der Waals surface area contributed by atoms with Crippen molar-refractivity contribution >= 4 is 43.5 Å². The fraction of sp³-hybridized carbons (Fsp3) is 0.333. The number of carbonyl (C=O) groups excluding carboxylic acids is 2. The molecule has 0 radical (unpaired) electrons. The van der Waals surface area contributed by atoms with Crippen LogP contribution in [0.5, 0.6) is 0 Å². The van der Waals surface area contributed by atoms with Crippen LogP contribution in [0.1, 0.15) is 36.5 Å². The molecule has 7 nitrogen and oxygen atoms in total. The van der Waals surface area contributed by atoms with Gasteiger partial charge in [-0.2, -0.15) is 0 Å². The van der Waals surface area contributed by atoms with Gasteiger partial charge in [0, 0.05) is 37.5 Å². The van der Waals surface area contributed by atoms with Gasteiger partial charge in [0.15, 0.2) is 0 Å². The maximum absolute atomic E-state index is 13.7. The SMILES string of the molecule is CCc1ccc(N(CCCC(=O)N(Cc2ccc(Br)cc2)[C@H](Cc2ccccc2)C(=O)NC)S(C)(=O)=O)cc1. The zero-order valence-corrected chi connectivity index (χ0v) is 25.0. The number of nitrogens with zero attached hydrogens (tertiary/aromatic N) is 2. The summed E-state index contributed by atoms with van der Waals surface area (Å²) in [4.78, 5) is 28.4. The highest BCUT2D eigenvalue weighted by atomic mass is 79.9. The van der Waals surface area contributed by atoms with Crippen molar-refractivity contribution in [1.82, 2.24) is 10.2 Å². The molecule has 0 aromatic heterocycles. The minimum Gasteiger partial charge on any atom is -0.357 e. The Labute approximate surface area is 240 Å². The van der Waals surface area contributed by atoms with Gasteiger partial charge in [-0.15, -0.1) is 0 Å². The number of benzene rings is 3. The van der Waals surface area contributed by atoms with E-state index in [-0.39, 0.29) is 31.3 Å². The smallest absolute Gasteiger partial charge is 0.242 e. The molecule has 0 heterocycles. The summed E-state index contributed by atoms with van der Waals surface area (Å²) < 4.78 is 27.4. The van der Waals surface area contributed by atoms with Crippen LogP contribution < -0.4 is 9.62 Å². The summed E-state index contributed by atoms with van der Waals surface area (Å²) in [7, 11) is -1.98. The molecule has 1 atom stereocenters. The summed E-state index contributed by atoms with van der Waals surface area (Å²) in [6.45, 7) is 2.45. The first kappa shape index (κ1) is 30.4. The Morgan fingerprint density at radius 1 is 0.897 bits per heavy atom. The molecule has 0 saturated carbocycles. The van der Waals surface area contributed by atoms with E-state index < -0.39 is 16.1 Å². The van der Waals surface area contributed by atoms with Crippen LogP contribution in [0, 0.1) is 0 Å². The van der Waals surface area contributed by atoms with Crippen molar-refractivity contribution < 1.29 is 18.0 Å². The third-order valence-electron chi connectivity index (χ3n) is 6.57. The first-order valence-corrected chi connectivity index (χ1v) is 15.6. The minimum atomic E-state index is -3.54. The highest BCUT2D eigenvalue weighted by Crippen LogP contribution is 2.21. The molecule has 0 fully saturated rings. The van der Waals surface area contributed by atoms with E-state index in [0.29, 0.717) is 18.5 Å². The second-order valence-electron chi connectivity index (χ2n) is 9.43. The molecule has 9 heteroatoms. The predicted molar refractivity (Wildman–Crippen MR) is 160 cm³/mol. The van der Waals surface area contributed by atoms with Crippen molar-refractivity contribution in [1.29, 1.82) is 0 Å². The second kappa shape index (κ2) is 14.3. The van der Waals surface area contributed by atoms with Crippen molar-refractivity contribution in [2.45, 2.75) is 45.2 Å². The molecule has 0 bridgehead atoms. The first-order valence-electron chi connectivity index (χ1n) is 13.0. The number of rotatable bonds is 13. The van der Waals surface area contributed by atoms with Crippen LogP contribution in [0.3, 0.4) is 0 Å². The van der Waals surface area contributed by atoms with E-state index in [1.165, 1.54) is 10.6 Å². The predicted octanol–water partition coefficient (Wildman–Crippen LogP) is 4.94. The normalized spacial score (nSPS) is 12.0. The van der Waals surface area contributed by atoms with Crippen LogP contribution in [0.15, 0.2) is 83.3 Å². The lowest BCUT2D eigenvalue weighted by molar-refractivity contribution is -0.141. The van der Waals surface area contributed by atoms with Crippen LogP contribution in [0.4, 0.5) is 5.69 Å².